The summed E-state index contributed by atoms with van der Waals surface area (Å²) in [5.41, 5.74) is -0.00172. The van der Waals surface area contributed by atoms with E-state index in [4.69, 9.17) is 9.15 Å². The monoisotopic (exact) mass is 340 g/mol. The number of para-hydroxylation sites is 1. The van der Waals surface area contributed by atoms with Gasteiger partial charge in [0.25, 0.3) is 0 Å². The lowest BCUT2D eigenvalue weighted by Crippen LogP contribution is -2.40. The van der Waals surface area contributed by atoms with Crippen molar-refractivity contribution in [2.45, 2.75) is 12.5 Å². The Bertz CT molecular complexity index is 836. The maximum Gasteiger partial charge on any atom is 0.319 e. The van der Waals surface area contributed by atoms with Crippen LogP contribution in [0.4, 0.5) is 10.5 Å². The molecule has 3 rings (SSSR count). The van der Waals surface area contributed by atoms with Gasteiger partial charge in [-0.15, -0.1) is 0 Å². The molecule has 2 amide bonds. The van der Waals surface area contributed by atoms with Gasteiger partial charge in [-0.2, -0.15) is 0 Å². The molecule has 25 heavy (non-hydrogen) atoms. The van der Waals surface area contributed by atoms with E-state index in [-0.39, 0.29) is 6.54 Å². The molecule has 0 spiro atoms. The minimum atomic E-state index is -1.32. The number of furan rings is 1. The van der Waals surface area contributed by atoms with Crippen LogP contribution in [0.1, 0.15) is 12.7 Å². The van der Waals surface area contributed by atoms with E-state index in [0.29, 0.717) is 22.8 Å². The van der Waals surface area contributed by atoms with Crippen molar-refractivity contribution in [1.82, 2.24) is 5.32 Å². The molecule has 0 saturated carbocycles. The Hall–Kier alpha value is -2.99. The Kier molecular flexibility index (Phi) is 4.63. The molecule has 1 aromatic heterocycles. The topological polar surface area (TPSA) is 83.7 Å². The summed E-state index contributed by atoms with van der Waals surface area (Å²) >= 11 is 0. The molecular weight excluding hydrogens is 320 g/mol. The lowest BCUT2D eigenvalue weighted by atomic mass is 10.0. The van der Waals surface area contributed by atoms with E-state index in [1.54, 1.807) is 44.4 Å². The van der Waals surface area contributed by atoms with Crippen LogP contribution < -0.4 is 15.4 Å². The van der Waals surface area contributed by atoms with Gasteiger partial charge in [-0.3, -0.25) is 0 Å². The van der Waals surface area contributed by atoms with Crippen LogP contribution in [-0.2, 0) is 5.60 Å². The van der Waals surface area contributed by atoms with E-state index in [2.05, 4.69) is 10.6 Å². The minimum absolute atomic E-state index is 0.00874. The van der Waals surface area contributed by atoms with Crippen LogP contribution in [0, 0.1) is 0 Å². The van der Waals surface area contributed by atoms with Crippen molar-refractivity contribution in [1.29, 1.82) is 0 Å². The van der Waals surface area contributed by atoms with Crippen molar-refractivity contribution in [2.24, 2.45) is 0 Å². The number of carbonyl (C=O) groups excluding carboxylic acids is 1. The highest BCUT2D eigenvalue weighted by atomic mass is 16.5. The average molecular weight is 340 g/mol. The summed E-state index contributed by atoms with van der Waals surface area (Å²) in [5, 5.41) is 16.9. The van der Waals surface area contributed by atoms with Gasteiger partial charge in [0.15, 0.2) is 0 Å². The van der Waals surface area contributed by atoms with Gasteiger partial charge in [-0.05, 0) is 43.3 Å². The van der Waals surface area contributed by atoms with Gasteiger partial charge in [0.1, 0.15) is 22.7 Å². The number of carbonyl (C=O) groups is 1. The predicted octanol–water partition coefficient (Wildman–Crippen LogP) is 3.47. The molecule has 3 aromatic rings. The van der Waals surface area contributed by atoms with Crippen molar-refractivity contribution in [3.8, 4) is 5.75 Å². The van der Waals surface area contributed by atoms with Gasteiger partial charge in [-0.1, -0.05) is 18.2 Å². The number of benzene rings is 2. The van der Waals surface area contributed by atoms with Crippen LogP contribution in [0.5, 0.6) is 5.75 Å². The van der Waals surface area contributed by atoms with E-state index in [0.717, 1.165) is 5.39 Å². The first-order valence-corrected chi connectivity index (χ1v) is 7.88. The summed E-state index contributed by atoms with van der Waals surface area (Å²) < 4.78 is 10.7. The lowest BCUT2D eigenvalue weighted by molar-refractivity contribution is 0.0388. The summed E-state index contributed by atoms with van der Waals surface area (Å²) in [6, 6.07) is 15.8. The van der Waals surface area contributed by atoms with Gasteiger partial charge in [0, 0.05) is 11.1 Å². The number of fused-ring (bicyclic) bond motifs is 1. The molecule has 1 atom stereocenters. The number of hydrogen-bond donors (Lipinski definition) is 3. The molecule has 0 fully saturated rings. The highest BCUT2D eigenvalue weighted by Crippen LogP contribution is 2.27. The fourth-order valence-corrected chi connectivity index (χ4v) is 2.44. The molecule has 6 nitrogen and oxygen atoms in total. The number of aliphatic hydroxyl groups is 1. The largest absolute Gasteiger partial charge is 0.497 e. The quantitative estimate of drug-likeness (QED) is 0.664. The highest BCUT2D eigenvalue weighted by Gasteiger charge is 2.28. The van der Waals surface area contributed by atoms with E-state index < -0.39 is 11.6 Å². The first-order chi connectivity index (χ1) is 12.0. The second kappa shape index (κ2) is 6.86. The molecule has 0 aliphatic carbocycles. The number of urea groups is 1. The Balaban J connectivity index is 1.61. The molecule has 1 heterocycles. The van der Waals surface area contributed by atoms with Crippen molar-refractivity contribution in [2.75, 3.05) is 19.0 Å². The summed E-state index contributed by atoms with van der Waals surface area (Å²) in [6.07, 6.45) is 0. The summed E-state index contributed by atoms with van der Waals surface area (Å²) in [7, 11) is 1.58. The van der Waals surface area contributed by atoms with Gasteiger partial charge < -0.3 is 24.9 Å². The summed E-state index contributed by atoms with van der Waals surface area (Å²) in [4.78, 5) is 12.0. The fourth-order valence-electron chi connectivity index (χ4n) is 2.44. The van der Waals surface area contributed by atoms with E-state index in [1.165, 1.54) is 0 Å². The molecule has 0 aliphatic heterocycles. The van der Waals surface area contributed by atoms with Crippen LogP contribution >= 0.6 is 0 Å². The number of nitrogens with one attached hydrogen (secondary N) is 2. The zero-order valence-electron chi connectivity index (χ0n) is 14.1. The molecule has 0 saturated heterocycles. The maximum atomic E-state index is 12.0. The number of amides is 2. The highest BCUT2D eigenvalue weighted by molar-refractivity contribution is 5.89. The second-order valence-corrected chi connectivity index (χ2v) is 5.96. The number of methoxy groups -OCH3 is 1. The van der Waals surface area contributed by atoms with Crippen molar-refractivity contribution in [3.63, 3.8) is 0 Å². The van der Waals surface area contributed by atoms with Crippen LogP contribution in [-0.4, -0.2) is 24.8 Å². The SMILES string of the molecule is COc1ccc(NC(=O)NCC(C)(O)c2cc3ccccc3o2)cc1. The van der Waals surface area contributed by atoms with Gasteiger partial charge in [0.05, 0.1) is 13.7 Å². The molecule has 0 bridgehead atoms. The fraction of sp³-hybridized carbons (Fsp3) is 0.211. The van der Waals surface area contributed by atoms with E-state index in [1.807, 2.05) is 24.3 Å². The number of hydrogen-bond acceptors (Lipinski definition) is 4. The molecule has 0 radical (unpaired) electrons. The number of rotatable bonds is 5. The summed E-state index contributed by atoms with van der Waals surface area (Å²) in [5.74, 6) is 1.11. The number of anilines is 1. The van der Waals surface area contributed by atoms with Gasteiger partial charge >= 0.3 is 6.03 Å². The lowest BCUT2D eigenvalue weighted by Gasteiger charge is -2.21. The third kappa shape index (κ3) is 3.92. The third-order valence-electron chi connectivity index (χ3n) is 3.90. The van der Waals surface area contributed by atoms with Crippen LogP contribution in [0.3, 0.4) is 0 Å². The van der Waals surface area contributed by atoms with Crippen molar-refractivity contribution in [3.05, 3.63) is 60.4 Å². The molecule has 6 heteroatoms. The predicted molar refractivity (Wildman–Crippen MR) is 95.8 cm³/mol. The molecular formula is C19H20N2O4. The first-order valence-electron chi connectivity index (χ1n) is 7.88. The van der Waals surface area contributed by atoms with E-state index >= 15 is 0 Å². The smallest absolute Gasteiger partial charge is 0.319 e. The van der Waals surface area contributed by atoms with Crippen molar-refractivity contribution >= 4 is 22.7 Å². The Morgan fingerprint density at radius 1 is 1.20 bits per heavy atom. The zero-order chi connectivity index (χ0) is 17.9. The zero-order valence-corrected chi connectivity index (χ0v) is 14.1. The normalized spacial score (nSPS) is 13.2. The van der Waals surface area contributed by atoms with Gasteiger partial charge in [-0.25, -0.2) is 4.79 Å². The Morgan fingerprint density at radius 3 is 2.60 bits per heavy atom. The van der Waals surface area contributed by atoms with Crippen LogP contribution in [0.25, 0.3) is 11.0 Å². The molecule has 1 unspecified atom stereocenters. The Labute approximate surface area is 145 Å². The number of ether oxygens (including phenoxy) is 1. The van der Waals surface area contributed by atoms with E-state index in [9.17, 15) is 9.90 Å². The van der Waals surface area contributed by atoms with Crippen LogP contribution in [0.2, 0.25) is 0 Å². The average Bonchev–Trinajstić information content (AvgIpc) is 3.06. The maximum absolute atomic E-state index is 12.0. The van der Waals surface area contributed by atoms with Crippen LogP contribution in [0.15, 0.2) is 59.0 Å². The summed E-state index contributed by atoms with van der Waals surface area (Å²) in [6.45, 7) is 1.60. The standard InChI is InChI=1S/C19H20N2O4/c1-19(23,17-11-13-5-3-4-6-16(13)25-17)12-20-18(22)21-14-7-9-15(24-2)10-8-14/h3-11,23H,12H2,1-2H3,(H2,20,21,22). The minimum Gasteiger partial charge on any atom is -0.497 e. The Morgan fingerprint density at radius 2 is 1.92 bits per heavy atom. The third-order valence-corrected chi connectivity index (χ3v) is 3.90. The molecule has 0 aliphatic rings. The molecule has 3 N–H and O–H groups in total. The second-order valence-electron chi connectivity index (χ2n) is 5.96. The molecule has 130 valence electrons. The first kappa shape index (κ1) is 16.9. The molecule has 2 aromatic carbocycles. The van der Waals surface area contributed by atoms with Crippen molar-refractivity contribution < 1.29 is 19.1 Å². The van der Waals surface area contributed by atoms with Gasteiger partial charge in [0.2, 0.25) is 0 Å².